The van der Waals surface area contributed by atoms with E-state index < -0.39 is 36.4 Å². The Kier molecular flexibility index (Phi) is 6.69. The highest BCUT2D eigenvalue weighted by atomic mass is 32.1. The SMILES string of the molecule is NC(Cc1cnc[nH]1)C(=O)NC(CS)C(=O)NCC(=O)O. The quantitative estimate of drug-likeness (QED) is 0.302. The number of carboxylic acid groups (broad SMARTS) is 1. The number of thiol groups is 1. The summed E-state index contributed by atoms with van der Waals surface area (Å²) in [4.78, 5) is 40.5. The highest BCUT2D eigenvalue weighted by Gasteiger charge is 2.23. The molecular formula is C11H17N5O4S. The van der Waals surface area contributed by atoms with Gasteiger partial charge in [-0.1, -0.05) is 0 Å². The number of aliphatic carboxylic acids is 1. The normalized spacial score (nSPS) is 13.2. The van der Waals surface area contributed by atoms with Crippen LogP contribution in [0, 0.1) is 0 Å². The van der Waals surface area contributed by atoms with Crippen molar-refractivity contribution in [2.24, 2.45) is 5.73 Å². The summed E-state index contributed by atoms with van der Waals surface area (Å²) in [5, 5.41) is 13.1. The maximum absolute atomic E-state index is 11.9. The number of nitrogens with zero attached hydrogens (tertiary/aromatic N) is 1. The van der Waals surface area contributed by atoms with Gasteiger partial charge in [-0.05, 0) is 0 Å². The van der Waals surface area contributed by atoms with Gasteiger partial charge in [0.2, 0.25) is 11.8 Å². The molecule has 2 unspecified atom stereocenters. The maximum Gasteiger partial charge on any atom is 0.322 e. The molecule has 9 nitrogen and oxygen atoms in total. The van der Waals surface area contributed by atoms with Gasteiger partial charge in [0.1, 0.15) is 12.6 Å². The van der Waals surface area contributed by atoms with Crippen LogP contribution in [0.4, 0.5) is 0 Å². The second-order valence-electron chi connectivity index (χ2n) is 4.24. The van der Waals surface area contributed by atoms with Gasteiger partial charge in [-0.15, -0.1) is 0 Å². The molecule has 1 rings (SSSR count). The molecule has 0 bridgehead atoms. The van der Waals surface area contributed by atoms with Crippen LogP contribution in [-0.4, -0.2) is 57.2 Å². The molecule has 0 aromatic carbocycles. The molecule has 0 aliphatic rings. The third-order valence-corrected chi connectivity index (χ3v) is 2.93. The molecule has 1 aromatic heterocycles. The van der Waals surface area contributed by atoms with E-state index in [2.05, 4.69) is 33.2 Å². The van der Waals surface area contributed by atoms with Gasteiger partial charge in [-0.2, -0.15) is 12.6 Å². The molecule has 6 N–H and O–H groups in total. The summed E-state index contributed by atoms with van der Waals surface area (Å²) in [7, 11) is 0. The first-order valence-electron chi connectivity index (χ1n) is 6.07. The van der Waals surface area contributed by atoms with Crippen LogP contribution in [-0.2, 0) is 20.8 Å². The van der Waals surface area contributed by atoms with Gasteiger partial charge in [-0.3, -0.25) is 14.4 Å². The van der Waals surface area contributed by atoms with E-state index in [9.17, 15) is 14.4 Å². The molecular weight excluding hydrogens is 298 g/mol. The minimum Gasteiger partial charge on any atom is -0.480 e. The monoisotopic (exact) mass is 315 g/mol. The molecule has 0 spiro atoms. The first-order valence-corrected chi connectivity index (χ1v) is 6.70. The highest BCUT2D eigenvalue weighted by molar-refractivity contribution is 7.80. The minimum absolute atomic E-state index is 0.0218. The summed E-state index contributed by atoms with van der Waals surface area (Å²) in [6.07, 6.45) is 3.25. The lowest BCUT2D eigenvalue weighted by molar-refractivity contribution is -0.138. The summed E-state index contributed by atoms with van der Waals surface area (Å²) >= 11 is 3.95. The van der Waals surface area contributed by atoms with Crippen molar-refractivity contribution in [2.45, 2.75) is 18.5 Å². The van der Waals surface area contributed by atoms with Gasteiger partial charge in [0.05, 0.1) is 12.4 Å². The lowest BCUT2D eigenvalue weighted by Gasteiger charge is -2.18. The number of carbonyl (C=O) groups excluding carboxylic acids is 2. The number of imidazole rings is 1. The van der Waals surface area contributed by atoms with Crippen molar-refractivity contribution < 1.29 is 19.5 Å². The van der Waals surface area contributed by atoms with E-state index in [4.69, 9.17) is 10.8 Å². The van der Waals surface area contributed by atoms with Crippen molar-refractivity contribution >= 4 is 30.4 Å². The van der Waals surface area contributed by atoms with Gasteiger partial charge >= 0.3 is 5.97 Å². The topological polar surface area (TPSA) is 150 Å². The van der Waals surface area contributed by atoms with Crippen molar-refractivity contribution in [2.75, 3.05) is 12.3 Å². The Hall–Kier alpha value is -2.07. The van der Waals surface area contributed by atoms with Gasteiger partial charge in [0, 0.05) is 24.1 Å². The standard InChI is InChI=1S/C11H17N5O4S/c12-7(1-6-2-13-5-15-6)10(19)16-8(4-21)11(20)14-3-9(17)18/h2,5,7-8,21H,1,3-4,12H2,(H,13,15)(H,14,20)(H,16,19)(H,17,18). The number of hydrogen-bond donors (Lipinski definition) is 6. The van der Waals surface area contributed by atoms with Gasteiger partial charge in [-0.25, -0.2) is 4.98 Å². The highest BCUT2D eigenvalue weighted by Crippen LogP contribution is 1.98. The average molecular weight is 315 g/mol. The van der Waals surface area contributed by atoms with Crippen molar-refractivity contribution in [3.05, 3.63) is 18.2 Å². The Morgan fingerprint density at radius 3 is 2.67 bits per heavy atom. The largest absolute Gasteiger partial charge is 0.480 e. The molecule has 116 valence electrons. The smallest absolute Gasteiger partial charge is 0.322 e. The lowest BCUT2D eigenvalue weighted by atomic mass is 10.1. The molecule has 1 heterocycles. The van der Waals surface area contributed by atoms with Crippen LogP contribution >= 0.6 is 12.6 Å². The fourth-order valence-electron chi connectivity index (χ4n) is 1.48. The summed E-state index contributed by atoms with van der Waals surface area (Å²) in [5.41, 5.74) is 6.41. The number of aromatic amines is 1. The van der Waals surface area contributed by atoms with Gasteiger partial charge < -0.3 is 26.5 Å². The molecule has 0 saturated heterocycles. The number of rotatable bonds is 8. The first kappa shape index (κ1) is 17.0. The Balaban J connectivity index is 2.49. The zero-order chi connectivity index (χ0) is 15.8. The summed E-state index contributed by atoms with van der Waals surface area (Å²) in [5.74, 6) is -2.32. The van der Waals surface area contributed by atoms with E-state index in [0.29, 0.717) is 5.69 Å². The van der Waals surface area contributed by atoms with E-state index in [1.165, 1.54) is 6.33 Å². The molecule has 1 aromatic rings. The molecule has 0 aliphatic heterocycles. The molecule has 0 aliphatic carbocycles. The molecule has 10 heteroatoms. The van der Waals surface area contributed by atoms with Crippen LogP contribution in [0.2, 0.25) is 0 Å². The summed E-state index contributed by atoms with van der Waals surface area (Å²) < 4.78 is 0. The zero-order valence-electron chi connectivity index (χ0n) is 11.1. The van der Waals surface area contributed by atoms with E-state index in [-0.39, 0.29) is 12.2 Å². The van der Waals surface area contributed by atoms with E-state index in [0.717, 1.165) is 0 Å². The third-order valence-electron chi connectivity index (χ3n) is 2.56. The Morgan fingerprint density at radius 2 is 2.14 bits per heavy atom. The maximum atomic E-state index is 11.9. The molecule has 21 heavy (non-hydrogen) atoms. The number of carbonyl (C=O) groups is 3. The summed E-state index contributed by atoms with van der Waals surface area (Å²) in [6.45, 7) is -0.529. The van der Waals surface area contributed by atoms with Crippen molar-refractivity contribution in [1.82, 2.24) is 20.6 Å². The number of H-pyrrole nitrogens is 1. The fraction of sp³-hybridized carbons (Fsp3) is 0.455. The molecule has 0 saturated carbocycles. The van der Waals surface area contributed by atoms with Crippen LogP contribution in [0.25, 0.3) is 0 Å². The Labute approximate surface area is 126 Å². The van der Waals surface area contributed by atoms with E-state index in [1.807, 2.05) is 0 Å². The number of aromatic nitrogens is 2. The predicted molar refractivity (Wildman–Crippen MR) is 76.7 cm³/mol. The van der Waals surface area contributed by atoms with Crippen LogP contribution in [0.3, 0.4) is 0 Å². The third kappa shape index (κ3) is 5.83. The number of amides is 2. The Bertz CT molecular complexity index is 493. The van der Waals surface area contributed by atoms with Crippen molar-refractivity contribution in [1.29, 1.82) is 0 Å². The van der Waals surface area contributed by atoms with Crippen LogP contribution in [0.1, 0.15) is 5.69 Å². The molecule has 2 atom stereocenters. The number of nitrogens with one attached hydrogen (secondary N) is 3. The molecule has 0 radical (unpaired) electrons. The first-order chi connectivity index (χ1) is 9.93. The number of carboxylic acids is 1. The predicted octanol–water partition coefficient (Wildman–Crippen LogP) is -2.11. The molecule has 0 fully saturated rings. The molecule has 2 amide bonds. The zero-order valence-corrected chi connectivity index (χ0v) is 12.0. The summed E-state index contributed by atoms with van der Waals surface area (Å²) in [6, 6.07) is -1.81. The van der Waals surface area contributed by atoms with Crippen LogP contribution < -0.4 is 16.4 Å². The van der Waals surface area contributed by atoms with E-state index in [1.54, 1.807) is 6.20 Å². The average Bonchev–Trinajstić information content (AvgIpc) is 2.94. The van der Waals surface area contributed by atoms with Crippen molar-refractivity contribution in [3.63, 3.8) is 0 Å². The fourth-order valence-corrected chi connectivity index (χ4v) is 1.74. The van der Waals surface area contributed by atoms with Crippen LogP contribution in [0.15, 0.2) is 12.5 Å². The van der Waals surface area contributed by atoms with Gasteiger partial charge in [0.15, 0.2) is 0 Å². The van der Waals surface area contributed by atoms with E-state index >= 15 is 0 Å². The lowest BCUT2D eigenvalue weighted by Crippen LogP contribution is -2.53. The second-order valence-corrected chi connectivity index (χ2v) is 4.61. The second kappa shape index (κ2) is 8.27. The Morgan fingerprint density at radius 1 is 1.43 bits per heavy atom. The van der Waals surface area contributed by atoms with Crippen LogP contribution in [0.5, 0.6) is 0 Å². The number of hydrogen-bond acceptors (Lipinski definition) is 6. The number of nitrogens with two attached hydrogens (primary N) is 1. The van der Waals surface area contributed by atoms with Gasteiger partial charge in [0.25, 0.3) is 0 Å². The van der Waals surface area contributed by atoms with Crippen molar-refractivity contribution in [3.8, 4) is 0 Å². The minimum atomic E-state index is -1.18.